The van der Waals surface area contributed by atoms with Crippen LogP contribution in [-0.4, -0.2) is 17.3 Å². The molecule has 158 valence electrons. The van der Waals surface area contributed by atoms with E-state index >= 15 is 0 Å². The summed E-state index contributed by atoms with van der Waals surface area (Å²) >= 11 is 9.53. The van der Waals surface area contributed by atoms with Gasteiger partial charge in [0.05, 0.1) is 17.5 Å². The summed E-state index contributed by atoms with van der Waals surface area (Å²) in [5.74, 6) is 1.00. The number of aryl methyl sites for hydroxylation is 1. The summed E-state index contributed by atoms with van der Waals surface area (Å²) in [6.45, 7) is 2.21. The zero-order chi connectivity index (χ0) is 22.1. The molecule has 0 fully saturated rings. The van der Waals surface area contributed by atoms with Crippen LogP contribution in [0, 0.1) is 18.3 Å². The summed E-state index contributed by atoms with van der Waals surface area (Å²) in [6, 6.07) is 13.3. The number of nitriles is 1. The first kappa shape index (κ1) is 21.1. The number of hydrogen-bond acceptors (Lipinski definition) is 6. The molecule has 0 aliphatic carbocycles. The zero-order valence-corrected chi connectivity index (χ0v) is 19.0. The molecule has 9 heteroatoms. The maximum atomic E-state index is 9.75. The molecule has 0 saturated heterocycles. The average molecular weight is 502 g/mol. The van der Waals surface area contributed by atoms with Gasteiger partial charge in [0.15, 0.2) is 11.5 Å². The number of aromatic amines is 1. The second-order valence-electron chi connectivity index (χ2n) is 6.94. The minimum atomic E-state index is -0.456. The first-order chi connectivity index (χ1) is 14.9. The summed E-state index contributed by atoms with van der Waals surface area (Å²) in [4.78, 5) is 0. The monoisotopic (exact) mass is 500 g/mol. The van der Waals surface area contributed by atoms with Gasteiger partial charge in [-0.05, 0) is 58.2 Å². The molecule has 1 aliphatic heterocycles. The Morgan fingerprint density at radius 3 is 2.74 bits per heavy atom. The van der Waals surface area contributed by atoms with Crippen molar-refractivity contribution in [3.8, 4) is 23.4 Å². The van der Waals surface area contributed by atoms with Crippen molar-refractivity contribution in [3.05, 3.63) is 79.7 Å². The molecule has 31 heavy (non-hydrogen) atoms. The number of allylic oxidation sites excluding steroid dienone is 1. The molecule has 3 N–H and O–H groups in total. The minimum Gasteiger partial charge on any atom is -0.493 e. The number of ether oxygens (including phenoxy) is 3. The quantitative estimate of drug-likeness (QED) is 0.513. The van der Waals surface area contributed by atoms with Gasteiger partial charge in [-0.15, -0.1) is 5.10 Å². The van der Waals surface area contributed by atoms with Crippen molar-refractivity contribution in [1.29, 1.82) is 5.26 Å². The number of nitrogens with one attached hydrogen (secondary N) is 1. The third-order valence-corrected chi connectivity index (χ3v) is 5.85. The maximum Gasteiger partial charge on any atom is 0.244 e. The lowest BCUT2D eigenvalue weighted by atomic mass is 9.84. The summed E-state index contributed by atoms with van der Waals surface area (Å²) in [7, 11) is 1.56. The van der Waals surface area contributed by atoms with E-state index in [0.29, 0.717) is 39.1 Å². The lowest BCUT2D eigenvalue weighted by Gasteiger charge is -2.25. The maximum absolute atomic E-state index is 9.75. The number of H-pyrrole nitrogens is 1. The second-order valence-corrected chi connectivity index (χ2v) is 8.23. The third kappa shape index (κ3) is 3.94. The van der Waals surface area contributed by atoms with Gasteiger partial charge in [0, 0.05) is 16.3 Å². The number of halogens is 2. The average Bonchev–Trinajstić information content (AvgIpc) is 3.12. The molecular formula is C22H18BrClN4O3. The van der Waals surface area contributed by atoms with E-state index < -0.39 is 5.92 Å². The van der Waals surface area contributed by atoms with E-state index in [4.69, 9.17) is 31.5 Å². The zero-order valence-electron chi connectivity index (χ0n) is 16.7. The molecule has 1 aliphatic rings. The van der Waals surface area contributed by atoms with E-state index in [9.17, 15) is 5.26 Å². The highest BCUT2D eigenvalue weighted by Crippen LogP contribution is 2.46. The topological polar surface area (TPSA) is 106 Å². The van der Waals surface area contributed by atoms with Crippen LogP contribution >= 0.6 is 27.5 Å². The molecule has 0 radical (unpaired) electrons. The fourth-order valence-corrected chi connectivity index (χ4v) is 4.21. The number of nitrogens with zero attached hydrogens (tertiary/aromatic N) is 2. The van der Waals surface area contributed by atoms with E-state index in [-0.39, 0.29) is 5.88 Å². The summed E-state index contributed by atoms with van der Waals surface area (Å²) < 4.78 is 17.8. The predicted octanol–water partition coefficient (Wildman–Crippen LogP) is 4.94. The van der Waals surface area contributed by atoms with E-state index in [1.165, 1.54) is 0 Å². The Morgan fingerprint density at radius 1 is 1.32 bits per heavy atom. The first-order valence-corrected chi connectivity index (χ1v) is 10.5. The van der Waals surface area contributed by atoms with Gasteiger partial charge in [-0.2, -0.15) is 5.26 Å². The van der Waals surface area contributed by atoms with Crippen LogP contribution in [0.15, 0.2) is 52.3 Å². The van der Waals surface area contributed by atoms with Crippen molar-refractivity contribution in [2.75, 3.05) is 7.11 Å². The van der Waals surface area contributed by atoms with Crippen LogP contribution in [0.1, 0.15) is 28.3 Å². The third-order valence-electron chi connectivity index (χ3n) is 5.01. The van der Waals surface area contributed by atoms with Gasteiger partial charge >= 0.3 is 0 Å². The lowest BCUT2D eigenvalue weighted by molar-refractivity contribution is 0.282. The molecule has 2 aromatic carbocycles. The van der Waals surface area contributed by atoms with Crippen LogP contribution < -0.4 is 19.9 Å². The normalized spacial score (nSPS) is 15.1. The molecule has 2 heterocycles. The smallest absolute Gasteiger partial charge is 0.244 e. The van der Waals surface area contributed by atoms with Gasteiger partial charge in [-0.25, -0.2) is 0 Å². The van der Waals surface area contributed by atoms with Crippen LogP contribution in [0.4, 0.5) is 0 Å². The Balaban J connectivity index is 1.73. The standard InChI is InChI=1S/C22H18BrClN4O3/c1-11-18-19(15(9-25)21(26)31-22(18)28-27-11)13-7-16(23)20(17(8-13)29-2)30-10-12-3-5-14(24)6-4-12/h3-8,19H,10,26H2,1-2H3,(H,27,28). The molecule has 0 saturated carbocycles. The fraction of sp³-hybridized carbons (Fsp3) is 0.182. The van der Waals surface area contributed by atoms with Crippen molar-refractivity contribution in [1.82, 2.24) is 10.2 Å². The van der Waals surface area contributed by atoms with Crippen molar-refractivity contribution in [2.45, 2.75) is 19.4 Å². The van der Waals surface area contributed by atoms with Crippen LogP contribution in [0.25, 0.3) is 0 Å². The number of hydrogen-bond donors (Lipinski definition) is 2. The van der Waals surface area contributed by atoms with Crippen LogP contribution in [0.3, 0.4) is 0 Å². The van der Waals surface area contributed by atoms with Gasteiger partial charge < -0.3 is 19.9 Å². The number of fused-ring (bicyclic) bond motifs is 1. The van der Waals surface area contributed by atoms with Crippen LogP contribution in [0.2, 0.25) is 5.02 Å². The summed E-state index contributed by atoms with van der Waals surface area (Å²) in [6.07, 6.45) is 0. The fourth-order valence-electron chi connectivity index (χ4n) is 3.51. The van der Waals surface area contributed by atoms with Crippen molar-refractivity contribution in [3.63, 3.8) is 0 Å². The van der Waals surface area contributed by atoms with Gasteiger partial charge in [-0.1, -0.05) is 23.7 Å². The molecule has 1 unspecified atom stereocenters. The van der Waals surface area contributed by atoms with Crippen LogP contribution in [-0.2, 0) is 6.61 Å². The molecular weight excluding hydrogens is 484 g/mol. The molecule has 1 atom stereocenters. The second kappa shape index (κ2) is 8.53. The number of aromatic nitrogens is 2. The summed E-state index contributed by atoms with van der Waals surface area (Å²) in [5.41, 5.74) is 9.62. The van der Waals surface area contributed by atoms with E-state index in [2.05, 4.69) is 32.2 Å². The molecule has 0 bridgehead atoms. The minimum absolute atomic E-state index is 0.0321. The summed E-state index contributed by atoms with van der Waals surface area (Å²) in [5, 5.41) is 17.5. The number of methoxy groups -OCH3 is 1. The largest absolute Gasteiger partial charge is 0.493 e. The molecule has 0 amide bonds. The number of rotatable bonds is 5. The first-order valence-electron chi connectivity index (χ1n) is 9.30. The van der Waals surface area contributed by atoms with Gasteiger partial charge in [0.2, 0.25) is 11.8 Å². The SMILES string of the molecule is COc1cc(C2C(C#N)=C(N)Oc3n[nH]c(C)c32)cc(Br)c1OCc1ccc(Cl)cc1. The lowest BCUT2D eigenvalue weighted by Crippen LogP contribution is -2.21. The van der Waals surface area contributed by atoms with E-state index in [0.717, 1.165) is 22.4 Å². The van der Waals surface area contributed by atoms with Crippen LogP contribution in [0.5, 0.6) is 17.4 Å². The van der Waals surface area contributed by atoms with Crippen molar-refractivity contribution in [2.24, 2.45) is 5.73 Å². The van der Waals surface area contributed by atoms with E-state index in [1.54, 1.807) is 7.11 Å². The molecule has 3 aromatic rings. The van der Waals surface area contributed by atoms with Gasteiger partial charge in [0.1, 0.15) is 18.2 Å². The Kier molecular flexibility index (Phi) is 5.81. The van der Waals surface area contributed by atoms with Gasteiger partial charge in [-0.3, -0.25) is 5.10 Å². The highest BCUT2D eigenvalue weighted by Gasteiger charge is 2.35. The predicted molar refractivity (Wildman–Crippen MR) is 119 cm³/mol. The van der Waals surface area contributed by atoms with Crippen molar-refractivity contribution < 1.29 is 14.2 Å². The molecule has 7 nitrogen and oxygen atoms in total. The Hall–Kier alpha value is -3.15. The number of nitrogens with two attached hydrogens (primary N) is 1. The molecule has 1 aromatic heterocycles. The van der Waals surface area contributed by atoms with E-state index in [1.807, 2.05) is 43.3 Å². The highest BCUT2D eigenvalue weighted by atomic mass is 79.9. The molecule has 4 rings (SSSR count). The Labute approximate surface area is 192 Å². The Morgan fingerprint density at radius 2 is 2.06 bits per heavy atom. The highest BCUT2D eigenvalue weighted by molar-refractivity contribution is 9.10. The van der Waals surface area contributed by atoms with Gasteiger partial charge in [0.25, 0.3) is 0 Å². The van der Waals surface area contributed by atoms with Crippen molar-refractivity contribution >= 4 is 27.5 Å². The number of benzene rings is 2. The Bertz CT molecular complexity index is 1210. The molecule has 0 spiro atoms.